The second-order valence-corrected chi connectivity index (χ2v) is 6.68. The lowest BCUT2D eigenvalue weighted by molar-refractivity contribution is 0.181. The molecule has 0 aliphatic rings. The molecular formula is C19H24ClN3OS. The molecule has 0 spiro atoms. The normalized spacial score (nSPS) is 11.8. The Morgan fingerprint density at radius 1 is 1.36 bits per heavy atom. The summed E-state index contributed by atoms with van der Waals surface area (Å²) in [6.45, 7) is 5.55. The van der Waals surface area contributed by atoms with E-state index in [0.717, 1.165) is 29.9 Å². The minimum absolute atomic E-state index is 0.0438. The number of nitrogens with one attached hydrogen (secondary N) is 1. The fraction of sp³-hybridized carbons (Fsp3) is 0.368. The van der Waals surface area contributed by atoms with Crippen LogP contribution < -0.4 is 5.32 Å². The predicted molar refractivity (Wildman–Crippen MR) is 108 cm³/mol. The van der Waals surface area contributed by atoms with Crippen molar-refractivity contribution in [3.63, 3.8) is 0 Å². The standard InChI is InChI=1S/C19H24ClN3OS/c1-14-8-9-18(16(20)13-14)22-19(25)23(11-6-12-24-3)15(2)17-7-4-5-10-21-17/h4-5,7-10,13,15H,6,11-12H2,1-3H3,(H,22,25)/t15-/m0/s1. The summed E-state index contributed by atoms with van der Waals surface area (Å²) in [6.07, 6.45) is 2.67. The van der Waals surface area contributed by atoms with Gasteiger partial charge < -0.3 is 15.0 Å². The molecule has 6 heteroatoms. The van der Waals surface area contributed by atoms with Crippen molar-refractivity contribution in [1.29, 1.82) is 0 Å². The number of hydrogen-bond donors (Lipinski definition) is 1. The quantitative estimate of drug-likeness (QED) is 0.552. The van der Waals surface area contributed by atoms with Crippen molar-refractivity contribution in [2.24, 2.45) is 0 Å². The Morgan fingerprint density at radius 3 is 2.80 bits per heavy atom. The number of benzene rings is 1. The molecule has 1 atom stereocenters. The number of methoxy groups -OCH3 is 1. The summed E-state index contributed by atoms with van der Waals surface area (Å²) >= 11 is 12.0. The number of halogens is 1. The largest absolute Gasteiger partial charge is 0.385 e. The Bertz CT molecular complexity index is 696. The first-order valence-corrected chi connectivity index (χ1v) is 9.05. The Balaban J connectivity index is 2.17. The Hall–Kier alpha value is -1.69. The third-order valence-electron chi connectivity index (χ3n) is 3.96. The van der Waals surface area contributed by atoms with Gasteiger partial charge in [0.2, 0.25) is 0 Å². The number of rotatable bonds is 7. The molecule has 1 aromatic carbocycles. The maximum absolute atomic E-state index is 6.33. The van der Waals surface area contributed by atoms with E-state index in [4.69, 9.17) is 28.6 Å². The Kier molecular flexibility index (Phi) is 7.62. The lowest BCUT2D eigenvalue weighted by atomic mass is 10.2. The third kappa shape index (κ3) is 5.66. The first-order chi connectivity index (χ1) is 12.0. The van der Waals surface area contributed by atoms with Crippen molar-refractivity contribution in [2.75, 3.05) is 25.6 Å². The summed E-state index contributed by atoms with van der Waals surface area (Å²) in [5.41, 5.74) is 2.89. The zero-order valence-electron chi connectivity index (χ0n) is 14.8. The molecule has 0 amide bonds. The molecular weight excluding hydrogens is 354 g/mol. The van der Waals surface area contributed by atoms with E-state index in [-0.39, 0.29) is 6.04 Å². The highest BCUT2D eigenvalue weighted by molar-refractivity contribution is 7.80. The van der Waals surface area contributed by atoms with E-state index in [9.17, 15) is 0 Å². The lowest BCUT2D eigenvalue weighted by Gasteiger charge is -2.31. The van der Waals surface area contributed by atoms with Crippen LogP contribution in [0.3, 0.4) is 0 Å². The van der Waals surface area contributed by atoms with Gasteiger partial charge in [0.1, 0.15) is 0 Å². The molecule has 2 rings (SSSR count). The van der Waals surface area contributed by atoms with E-state index in [2.05, 4.69) is 22.1 Å². The summed E-state index contributed by atoms with van der Waals surface area (Å²) in [4.78, 5) is 6.58. The molecule has 4 nitrogen and oxygen atoms in total. The SMILES string of the molecule is COCCCN(C(=S)Nc1ccc(C)cc1Cl)[C@@H](C)c1ccccn1. The average molecular weight is 378 g/mol. The minimum Gasteiger partial charge on any atom is -0.385 e. The molecule has 0 saturated carbocycles. The predicted octanol–water partition coefficient (Wildman–Crippen LogP) is 4.84. The molecule has 1 aromatic heterocycles. The van der Waals surface area contributed by atoms with Crippen LogP contribution >= 0.6 is 23.8 Å². The third-order valence-corrected chi connectivity index (χ3v) is 4.61. The molecule has 1 heterocycles. The molecule has 25 heavy (non-hydrogen) atoms. The van der Waals surface area contributed by atoms with E-state index in [1.807, 2.05) is 43.3 Å². The maximum Gasteiger partial charge on any atom is 0.174 e. The number of thiocarbonyl (C=S) groups is 1. The summed E-state index contributed by atoms with van der Waals surface area (Å²) < 4.78 is 5.18. The van der Waals surface area contributed by atoms with Crippen molar-refractivity contribution < 1.29 is 4.74 Å². The van der Waals surface area contributed by atoms with Crippen LogP contribution in [0.25, 0.3) is 0 Å². The van der Waals surface area contributed by atoms with Gasteiger partial charge >= 0.3 is 0 Å². The topological polar surface area (TPSA) is 37.4 Å². The lowest BCUT2D eigenvalue weighted by Crippen LogP contribution is -2.38. The molecule has 0 bridgehead atoms. The molecule has 0 radical (unpaired) electrons. The Morgan fingerprint density at radius 2 is 2.16 bits per heavy atom. The monoisotopic (exact) mass is 377 g/mol. The van der Waals surface area contributed by atoms with E-state index in [0.29, 0.717) is 16.7 Å². The van der Waals surface area contributed by atoms with Crippen molar-refractivity contribution in [3.05, 3.63) is 58.9 Å². The van der Waals surface area contributed by atoms with Gasteiger partial charge in [0.05, 0.1) is 22.4 Å². The van der Waals surface area contributed by atoms with Gasteiger partial charge in [0.25, 0.3) is 0 Å². The average Bonchev–Trinajstić information content (AvgIpc) is 2.61. The molecule has 0 fully saturated rings. The van der Waals surface area contributed by atoms with Crippen LogP contribution in [-0.4, -0.2) is 35.3 Å². The Labute approximate surface area is 160 Å². The van der Waals surface area contributed by atoms with Crippen molar-refractivity contribution in [2.45, 2.75) is 26.3 Å². The van der Waals surface area contributed by atoms with Gasteiger partial charge in [0.15, 0.2) is 5.11 Å². The fourth-order valence-corrected chi connectivity index (χ4v) is 3.18. The van der Waals surface area contributed by atoms with Crippen molar-refractivity contribution in [1.82, 2.24) is 9.88 Å². The van der Waals surface area contributed by atoms with Gasteiger partial charge in [-0.05, 0) is 62.3 Å². The van der Waals surface area contributed by atoms with Crippen LogP contribution in [0.1, 0.15) is 30.6 Å². The van der Waals surface area contributed by atoms with Crippen LogP contribution in [-0.2, 0) is 4.74 Å². The van der Waals surface area contributed by atoms with Crippen LogP contribution in [0.2, 0.25) is 5.02 Å². The summed E-state index contributed by atoms with van der Waals surface area (Å²) in [5.74, 6) is 0. The summed E-state index contributed by atoms with van der Waals surface area (Å²) in [6, 6.07) is 11.8. The number of aromatic nitrogens is 1. The highest BCUT2D eigenvalue weighted by Crippen LogP contribution is 2.25. The molecule has 0 unspecified atom stereocenters. The van der Waals surface area contributed by atoms with E-state index in [1.54, 1.807) is 13.3 Å². The number of pyridine rings is 1. The maximum atomic E-state index is 6.33. The van der Waals surface area contributed by atoms with Crippen molar-refractivity contribution >= 4 is 34.6 Å². The molecule has 1 N–H and O–H groups in total. The van der Waals surface area contributed by atoms with Crippen molar-refractivity contribution in [3.8, 4) is 0 Å². The molecule has 0 aliphatic heterocycles. The van der Waals surface area contributed by atoms with Gasteiger partial charge in [-0.2, -0.15) is 0 Å². The van der Waals surface area contributed by atoms with Crippen LogP contribution in [0.5, 0.6) is 0 Å². The minimum atomic E-state index is 0.0438. The first kappa shape index (κ1) is 19.6. The number of aryl methyl sites for hydroxylation is 1. The number of hydrogen-bond acceptors (Lipinski definition) is 3. The second kappa shape index (κ2) is 9.70. The second-order valence-electron chi connectivity index (χ2n) is 5.88. The summed E-state index contributed by atoms with van der Waals surface area (Å²) in [5, 5.41) is 4.55. The highest BCUT2D eigenvalue weighted by atomic mass is 35.5. The number of ether oxygens (including phenoxy) is 1. The highest BCUT2D eigenvalue weighted by Gasteiger charge is 2.20. The molecule has 2 aromatic rings. The van der Waals surface area contributed by atoms with E-state index < -0.39 is 0 Å². The molecule has 0 aliphatic carbocycles. The van der Waals surface area contributed by atoms with Gasteiger partial charge in [-0.25, -0.2) is 0 Å². The zero-order valence-corrected chi connectivity index (χ0v) is 16.4. The number of anilines is 1. The smallest absolute Gasteiger partial charge is 0.174 e. The molecule has 0 saturated heterocycles. The van der Waals surface area contributed by atoms with Gasteiger partial charge in [-0.1, -0.05) is 23.7 Å². The fourth-order valence-electron chi connectivity index (χ4n) is 2.54. The van der Waals surface area contributed by atoms with E-state index in [1.165, 1.54) is 0 Å². The van der Waals surface area contributed by atoms with E-state index >= 15 is 0 Å². The first-order valence-electron chi connectivity index (χ1n) is 8.26. The number of nitrogens with zero attached hydrogens (tertiary/aromatic N) is 2. The van der Waals surface area contributed by atoms with Crippen LogP contribution in [0.4, 0.5) is 5.69 Å². The van der Waals surface area contributed by atoms with Gasteiger partial charge in [-0.3, -0.25) is 4.98 Å². The molecule has 134 valence electrons. The van der Waals surface area contributed by atoms with Crippen LogP contribution in [0.15, 0.2) is 42.6 Å². The zero-order chi connectivity index (χ0) is 18.2. The van der Waals surface area contributed by atoms with Gasteiger partial charge in [0, 0.05) is 26.5 Å². The van der Waals surface area contributed by atoms with Gasteiger partial charge in [-0.15, -0.1) is 0 Å². The van der Waals surface area contributed by atoms with Crippen LogP contribution in [0, 0.1) is 6.92 Å². The summed E-state index contributed by atoms with van der Waals surface area (Å²) in [7, 11) is 1.70.